The monoisotopic (exact) mass is 526 g/mol. The van der Waals surface area contributed by atoms with Crippen LogP contribution in [-0.2, 0) is 23.7 Å². The zero-order valence-corrected chi connectivity index (χ0v) is 23.2. The van der Waals surface area contributed by atoms with Crippen LogP contribution in [0.15, 0.2) is 48.6 Å². The van der Waals surface area contributed by atoms with Crippen LogP contribution in [0.2, 0.25) is 0 Å². The van der Waals surface area contributed by atoms with Crippen molar-refractivity contribution in [3.63, 3.8) is 0 Å². The van der Waals surface area contributed by atoms with Gasteiger partial charge in [-0.15, -0.1) is 0 Å². The molecule has 3 aliphatic rings. The van der Waals surface area contributed by atoms with Crippen molar-refractivity contribution < 1.29 is 28.8 Å². The first-order valence-electron chi connectivity index (χ1n) is 14.2. The molecule has 1 N–H and O–H groups in total. The molecular formula is C32H46O6. The Kier molecular flexibility index (Phi) is 13.4. The lowest BCUT2D eigenvalue weighted by Gasteiger charge is -2.28. The highest BCUT2D eigenvalue weighted by Crippen LogP contribution is 2.27. The van der Waals surface area contributed by atoms with E-state index in [0.717, 1.165) is 37.7 Å². The molecule has 0 amide bonds. The van der Waals surface area contributed by atoms with Gasteiger partial charge < -0.3 is 24.1 Å². The lowest BCUT2D eigenvalue weighted by molar-refractivity contribution is -0.145. The minimum atomic E-state index is -0.919. The van der Waals surface area contributed by atoms with Crippen molar-refractivity contribution >= 4 is 5.97 Å². The fourth-order valence-electron chi connectivity index (χ4n) is 5.46. The van der Waals surface area contributed by atoms with E-state index in [4.69, 9.17) is 18.9 Å². The second-order valence-electron chi connectivity index (χ2n) is 11.0. The molecule has 6 heteroatoms. The standard InChI is InChI=1S/C32H46O6/c1-24-20-25(2)22-29-15-7-12-27(37-29)13-9-17-32(34)38-31(16-8-14-28(21-24)36-23-35-3)30(33)19-18-26-10-5-4-6-11-26/h7-8,12,14,18-19,25-31,33H,1,4-6,10-11,13,15-16,20-23H2,2-3H3/t25-,27-,28+,29-,30-,31-/m0/s1. The molecule has 1 fully saturated rings. The predicted octanol–water partition coefficient (Wildman–Crippen LogP) is 5.81. The molecular weight excluding hydrogens is 480 g/mol. The lowest BCUT2D eigenvalue weighted by atomic mass is 9.88. The van der Waals surface area contributed by atoms with Crippen LogP contribution < -0.4 is 0 Å². The molecule has 6 atom stereocenters. The van der Waals surface area contributed by atoms with Crippen LogP contribution in [0.4, 0.5) is 0 Å². The van der Waals surface area contributed by atoms with Crippen LogP contribution in [-0.4, -0.2) is 55.5 Å². The summed E-state index contributed by atoms with van der Waals surface area (Å²) in [7, 11) is 1.60. The van der Waals surface area contributed by atoms with E-state index < -0.39 is 18.2 Å². The number of hydrogen-bond acceptors (Lipinski definition) is 6. The summed E-state index contributed by atoms with van der Waals surface area (Å²) in [6.07, 6.45) is 20.1. The van der Waals surface area contributed by atoms with Gasteiger partial charge in [-0.25, -0.2) is 4.79 Å². The SMILES string of the molecule is C=C1C[C@H](C)C[C@@H]2CC=C[C@@H](CC#CC(=O)O[C@H]([C@@H](O)C=CC3CCCCC3)CC=C[C@@H](OCOC)C1)O2. The number of carbonyl (C=O) groups is 1. The Labute approximate surface area is 229 Å². The van der Waals surface area contributed by atoms with Gasteiger partial charge in [-0.05, 0) is 50.4 Å². The summed E-state index contributed by atoms with van der Waals surface area (Å²) in [5, 5.41) is 10.9. The molecule has 0 aromatic carbocycles. The van der Waals surface area contributed by atoms with Crippen molar-refractivity contribution in [1.82, 2.24) is 0 Å². The van der Waals surface area contributed by atoms with E-state index in [1.807, 2.05) is 18.2 Å². The van der Waals surface area contributed by atoms with Gasteiger partial charge in [0.1, 0.15) is 19.0 Å². The van der Waals surface area contributed by atoms with Gasteiger partial charge in [-0.1, -0.05) is 80.7 Å². The fourth-order valence-corrected chi connectivity index (χ4v) is 5.46. The minimum Gasteiger partial charge on any atom is -0.449 e. The lowest BCUT2D eigenvalue weighted by Crippen LogP contribution is -2.29. The van der Waals surface area contributed by atoms with E-state index in [1.54, 1.807) is 13.2 Å². The van der Waals surface area contributed by atoms with Gasteiger partial charge in [0.2, 0.25) is 0 Å². The van der Waals surface area contributed by atoms with E-state index in [1.165, 1.54) is 19.3 Å². The Morgan fingerprint density at radius 3 is 2.76 bits per heavy atom. The number of aliphatic hydroxyl groups is 1. The minimum absolute atomic E-state index is 0.122. The summed E-state index contributed by atoms with van der Waals surface area (Å²) in [6, 6.07) is 0. The number of rotatable bonds is 6. The second kappa shape index (κ2) is 16.7. The number of cyclic esters (lactones) is 1. The van der Waals surface area contributed by atoms with Gasteiger partial charge in [0.15, 0.2) is 0 Å². The van der Waals surface area contributed by atoms with E-state index >= 15 is 0 Å². The third kappa shape index (κ3) is 11.3. The number of esters is 1. The van der Waals surface area contributed by atoms with E-state index in [0.29, 0.717) is 31.1 Å². The highest BCUT2D eigenvalue weighted by Gasteiger charge is 2.23. The summed E-state index contributed by atoms with van der Waals surface area (Å²) < 4.78 is 22.9. The Hall–Kier alpha value is -2.17. The molecule has 1 aliphatic carbocycles. The van der Waals surface area contributed by atoms with Gasteiger partial charge >= 0.3 is 5.97 Å². The number of aliphatic hydroxyl groups excluding tert-OH is 1. The van der Waals surface area contributed by atoms with Gasteiger partial charge in [0.05, 0.1) is 18.3 Å². The van der Waals surface area contributed by atoms with Crippen molar-refractivity contribution in [2.24, 2.45) is 11.8 Å². The molecule has 0 aromatic heterocycles. The quantitative estimate of drug-likeness (QED) is 0.155. The highest BCUT2D eigenvalue weighted by molar-refractivity contribution is 5.88. The Balaban J connectivity index is 1.75. The normalized spacial score (nSPS) is 31.2. The van der Waals surface area contributed by atoms with E-state index in [2.05, 4.69) is 37.5 Å². The van der Waals surface area contributed by atoms with Gasteiger partial charge in [-0.2, -0.15) is 0 Å². The van der Waals surface area contributed by atoms with Crippen LogP contribution in [0.1, 0.15) is 77.6 Å². The summed E-state index contributed by atoms with van der Waals surface area (Å²) in [6.45, 7) is 6.70. The van der Waals surface area contributed by atoms with Gasteiger partial charge in [-0.3, -0.25) is 0 Å². The van der Waals surface area contributed by atoms with Gasteiger partial charge in [0.25, 0.3) is 0 Å². The number of hydrogen-bond donors (Lipinski definition) is 1. The van der Waals surface area contributed by atoms with Crippen molar-refractivity contribution in [3.05, 3.63) is 48.6 Å². The number of methoxy groups -OCH3 is 1. The summed E-state index contributed by atoms with van der Waals surface area (Å²) in [4.78, 5) is 12.6. The highest BCUT2D eigenvalue weighted by atomic mass is 16.7. The first-order valence-corrected chi connectivity index (χ1v) is 14.2. The molecule has 3 rings (SSSR count). The van der Waals surface area contributed by atoms with Crippen LogP contribution in [0.3, 0.4) is 0 Å². The maximum Gasteiger partial charge on any atom is 0.384 e. The zero-order valence-electron chi connectivity index (χ0n) is 23.2. The first kappa shape index (κ1) is 30.4. The predicted molar refractivity (Wildman–Crippen MR) is 149 cm³/mol. The molecule has 2 bridgehead atoms. The molecule has 210 valence electrons. The van der Waals surface area contributed by atoms with Crippen LogP contribution in [0.25, 0.3) is 0 Å². The molecule has 0 saturated heterocycles. The third-order valence-electron chi connectivity index (χ3n) is 7.39. The smallest absolute Gasteiger partial charge is 0.384 e. The average molecular weight is 527 g/mol. The largest absolute Gasteiger partial charge is 0.449 e. The summed E-state index contributed by atoms with van der Waals surface area (Å²) in [5.74, 6) is 5.76. The van der Waals surface area contributed by atoms with Crippen molar-refractivity contribution in [1.29, 1.82) is 0 Å². The molecule has 2 heterocycles. The Morgan fingerprint density at radius 1 is 1.18 bits per heavy atom. The molecule has 0 unspecified atom stereocenters. The zero-order chi connectivity index (χ0) is 27.2. The van der Waals surface area contributed by atoms with Crippen LogP contribution in [0.5, 0.6) is 0 Å². The molecule has 0 spiro atoms. The molecule has 0 aromatic rings. The number of carbonyl (C=O) groups excluding carboxylic acids is 1. The summed E-state index contributed by atoms with van der Waals surface area (Å²) >= 11 is 0. The van der Waals surface area contributed by atoms with Crippen molar-refractivity contribution in [3.8, 4) is 11.8 Å². The molecule has 0 radical (unpaired) electrons. The molecule has 6 nitrogen and oxygen atoms in total. The number of allylic oxidation sites excluding steroid dienone is 1. The topological polar surface area (TPSA) is 74.2 Å². The van der Waals surface area contributed by atoms with Crippen LogP contribution >= 0.6 is 0 Å². The molecule has 38 heavy (non-hydrogen) atoms. The number of fused-ring (bicyclic) bond motifs is 2. The van der Waals surface area contributed by atoms with Crippen LogP contribution in [0, 0.1) is 23.7 Å². The van der Waals surface area contributed by atoms with Gasteiger partial charge in [0, 0.05) is 25.9 Å². The van der Waals surface area contributed by atoms with E-state index in [-0.39, 0.29) is 25.1 Å². The third-order valence-corrected chi connectivity index (χ3v) is 7.39. The number of ether oxygens (including phenoxy) is 4. The fraction of sp³-hybridized carbons (Fsp3) is 0.656. The maximum atomic E-state index is 12.6. The molecule has 1 saturated carbocycles. The first-order chi connectivity index (χ1) is 18.4. The maximum absolute atomic E-state index is 12.6. The summed E-state index contributed by atoms with van der Waals surface area (Å²) in [5.41, 5.74) is 1.11. The van der Waals surface area contributed by atoms with E-state index in [9.17, 15) is 9.90 Å². The second-order valence-corrected chi connectivity index (χ2v) is 11.0. The Morgan fingerprint density at radius 2 is 1.97 bits per heavy atom. The van der Waals surface area contributed by atoms with Crippen molar-refractivity contribution in [2.75, 3.05) is 13.9 Å². The van der Waals surface area contributed by atoms with Crippen molar-refractivity contribution in [2.45, 2.75) is 108 Å². The Bertz CT molecular complexity index is 887. The average Bonchev–Trinajstić information content (AvgIpc) is 2.89. The molecule has 2 aliphatic heterocycles.